The number of para-hydroxylation sites is 2. The summed E-state index contributed by atoms with van der Waals surface area (Å²) in [6.07, 6.45) is 0. The van der Waals surface area contributed by atoms with Gasteiger partial charge in [0, 0.05) is 22.2 Å². The molecule has 0 bridgehead atoms. The van der Waals surface area contributed by atoms with Gasteiger partial charge in [-0.2, -0.15) is 0 Å². The normalized spacial score (nSPS) is 13.0. The van der Waals surface area contributed by atoms with E-state index in [-0.39, 0.29) is 11.8 Å². The van der Waals surface area contributed by atoms with Crippen molar-refractivity contribution in [2.24, 2.45) is 0 Å². The molecule has 132 valence electrons. The Hall–Kier alpha value is -2.23. The van der Waals surface area contributed by atoms with Gasteiger partial charge in [0.25, 0.3) is 0 Å². The van der Waals surface area contributed by atoms with E-state index in [1.54, 1.807) is 4.90 Å². The molecule has 0 aliphatic carbocycles. The summed E-state index contributed by atoms with van der Waals surface area (Å²) in [6.45, 7) is 1.90. The number of thioether (sulfide) groups is 1. The van der Waals surface area contributed by atoms with Gasteiger partial charge >= 0.3 is 0 Å². The van der Waals surface area contributed by atoms with Crippen LogP contribution in [-0.2, 0) is 4.79 Å². The van der Waals surface area contributed by atoms with Crippen LogP contribution in [0.1, 0.15) is 6.92 Å². The second kappa shape index (κ2) is 8.43. The van der Waals surface area contributed by atoms with Gasteiger partial charge in [-0.1, -0.05) is 54.6 Å². The number of nitrogens with zero attached hydrogens (tertiary/aromatic N) is 1. The van der Waals surface area contributed by atoms with E-state index < -0.39 is 4.75 Å². The molecule has 0 N–H and O–H groups in total. The summed E-state index contributed by atoms with van der Waals surface area (Å²) >= 11 is 7.80. The summed E-state index contributed by atoms with van der Waals surface area (Å²) in [7, 11) is 0. The Kier molecular flexibility index (Phi) is 6.02. The lowest BCUT2D eigenvalue weighted by atomic mass is 10.1. The van der Waals surface area contributed by atoms with Crippen molar-refractivity contribution in [3.63, 3.8) is 0 Å². The number of hydrogen-bond donors (Lipinski definition) is 0. The quantitative estimate of drug-likeness (QED) is 0.377. The lowest BCUT2D eigenvalue weighted by Crippen LogP contribution is -2.44. The summed E-state index contributed by atoms with van der Waals surface area (Å²) in [5, 5.41) is 0. The van der Waals surface area contributed by atoms with E-state index in [0.29, 0.717) is 0 Å². The highest BCUT2D eigenvalue weighted by atomic mass is 35.5. The fraction of sp³-hybridized carbons (Fsp3) is 0.136. The number of benzene rings is 3. The highest BCUT2D eigenvalue weighted by Gasteiger charge is 2.38. The predicted octanol–water partition coefficient (Wildman–Crippen LogP) is 6.14. The van der Waals surface area contributed by atoms with Crippen molar-refractivity contribution >= 4 is 40.6 Å². The van der Waals surface area contributed by atoms with Crippen molar-refractivity contribution in [3.05, 3.63) is 91.0 Å². The third-order valence-corrected chi connectivity index (χ3v) is 6.00. The van der Waals surface area contributed by atoms with E-state index in [2.05, 4.69) is 0 Å². The number of alkyl halides is 1. The maximum Gasteiger partial charge on any atom is 0.249 e. The van der Waals surface area contributed by atoms with E-state index >= 15 is 0 Å². The first-order chi connectivity index (χ1) is 12.6. The zero-order chi connectivity index (χ0) is 18.4. The molecule has 0 radical (unpaired) electrons. The molecule has 0 spiro atoms. The van der Waals surface area contributed by atoms with E-state index in [1.165, 1.54) is 11.8 Å². The first-order valence-electron chi connectivity index (χ1n) is 8.39. The second-order valence-electron chi connectivity index (χ2n) is 6.09. The van der Waals surface area contributed by atoms with Crippen LogP contribution in [0.3, 0.4) is 0 Å². The first-order valence-corrected chi connectivity index (χ1v) is 9.74. The number of rotatable bonds is 6. The number of amides is 1. The van der Waals surface area contributed by atoms with Gasteiger partial charge in [0.2, 0.25) is 5.91 Å². The Labute approximate surface area is 163 Å². The van der Waals surface area contributed by atoms with Crippen LogP contribution in [0.5, 0.6) is 0 Å². The molecule has 1 unspecified atom stereocenters. The standard InChI is InChI=1S/C22H20ClNOS/c1-22(17-23,26-20-15-9-4-10-16-20)21(25)24(18-11-5-2-6-12-18)19-13-7-3-8-14-19/h2-16H,17H2,1H3. The minimum atomic E-state index is -0.797. The van der Waals surface area contributed by atoms with E-state index in [0.717, 1.165) is 16.3 Å². The van der Waals surface area contributed by atoms with Crippen LogP contribution in [0.2, 0.25) is 0 Å². The molecule has 3 aromatic carbocycles. The summed E-state index contributed by atoms with van der Waals surface area (Å²) in [6, 6.07) is 29.2. The first kappa shape index (κ1) is 18.6. The molecule has 0 aromatic heterocycles. The van der Waals surface area contributed by atoms with Gasteiger partial charge in [-0.3, -0.25) is 9.69 Å². The Morgan fingerprint density at radius 2 is 1.27 bits per heavy atom. The van der Waals surface area contributed by atoms with Gasteiger partial charge in [0.05, 0.1) is 0 Å². The van der Waals surface area contributed by atoms with Gasteiger partial charge in [0.1, 0.15) is 4.75 Å². The number of anilines is 2. The molecular formula is C22H20ClNOS. The van der Waals surface area contributed by atoms with Crippen molar-refractivity contribution in [1.29, 1.82) is 0 Å². The predicted molar refractivity (Wildman–Crippen MR) is 111 cm³/mol. The topological polar surface area (TPSA) is 20.3 Å². The van der Waals surface area contributed by atoms with Crippen molar-refractivity contribution in [2.75, 3.05) is 10.8 Å². The zero-order valence-electron chi connectivity index (χ0n) is 14.5. The second-order valence-corrected chi connectivity index (χ2v) is 7.94. The highest BCUT2D eigenvalue weighted by molar-refractivity contribution is 8.01. The molecule has 3 aromatic rings. The Balaban J connectivity index is 2.01. The maximum absolute atomic E-state index is 13.6. The molecule has 0 heterocycles. The Morgan fingerprint density at radius 1 is 0.846 bits per heavy atom. The molecule has 3 rings (SSSR count). The van der Waals surface area contributed by atoms with Gasteiger partial charge in [-0.05, 0) is 43.3 Å². The smallest absolute Gasteiger partial charge is 0.249 e. The molecule has 0 saturated carbocycles. The molecule has 0 aliphatic heterocycles. The van der Waals surface area contributed by atoms with Gasteiger partial charge in [-0.25, -0.2) is 0 Å². The van der Waals surface area contributed by atoms with Crippen LogP contribution in [0.25, 0.3) is 0 Å². The minimum Gasteiger partial charge on any atom is -0.280 e. The number of carbonyl (C=O) groups is 1. The fourth-order valence-corrected chi connectivity index (χ4v) is 3.98. The van der Waals surface area contributed by atoms with Crippen LogP contribution in [0, 0.1) is 0 Å². The fourth-order valence-electron chi connectivity index (χ4n) is 2.65. The van der Waals surface area contributed by atoms with E-state index in [1.807, 2.05) is 97.9 Å². The highest BCUT2D eigenvalue weighted by Crippen LogP contribution is 2.38. The summed E-state index contributed by atoms with van der Waals surface area (Å²) in [4.78, 5) is 16.4. The Morgan fingerprint density at radius 3 is 1.69 bits per heavy atom. The molecule has 0 fully saturated rings. The SMILES string of the molecule is CC(CCl)(Sc1ccccc1)C(=O)N(c1ccccc1)c1ccccc1. The van der Waals surface area contributed by atoms with Crippen molar-refractivity contribution in [2.45, 2.75) is 16.6 Å². The van der Waals surface area contributed by atoms with Crippen LogP contribution < -0.4 is 4.90 Å². The number of carbonyl (C=O) groups excluding carboxylic acids is 1. The average Bonchev–Trinajstić information content (AvgIpc) is 2.70. The minimum absolute atomic E-state index is 0.0428. The largest absolute Gasteiger partial charge is 0.280 e. The van der Waals surface area contributed by atoms with Gasteiger partial charge < -0.3 is 0 Å². The third-order valence-electron chi connectivity index (χ3n) is 4.03. The van der Waals surface area contributed by atoms with Gasteiger partial charge in [0.15, 0.2) is 0 Å². The molecule has 4 heteroatoms. The molecular weight excluding hydrogens is 362 g/mol. The van der Waals surface area contributed by atoms with Crippen LogP contribution >= 0.6 is 23.4 Å². The summed E-state index contributed by atoms with van der Waals surface area (Å²) < 4.78 is -0.797. The summed E-state index contributed by atoms with van der Waals surface area (Å²) in [5.74, 6) is 0.167. The monoisotopic (exact) mass is 381 g/mol. The zero-order valence-corrected chi connectivity index (χ0v) is 16.1. The number of hydrogen-bond acceptors (Lipinski definition) is 2. The molecule has 2 nitrogen and oxygen atoms in total. The molecule has 26 heavy (non-hydrogen) atoms. The molecule has 0 saturated heterocycles. The number of halogens is 1. The summed E-state index contributed by atoms with van der Waals surface area (Å²) in [5.41, 5.74) is 1.66. The molecule has 0 aliphatic rings. The third kappa shape index (κ3) is 4.12. The van der Waals surface area contributed by atoms with E-state index in [4.69, 9.17) is 11.6 Å². The Bertz CT molecular complexity index is 802. The van der Waals surface area contributed by atoms with Crippen LogP contribution in [-0.4, -0.2) is 16.5 Å². The maximum atomic E-state index is 13.6. The van der Waals surface area contributed by atoms with Crippen LogP contribution in [0.4, 0.5) is 11.4 Å². The van der Waals surface area contributed by atoms with Gasteiger partial charge in [-0.15, -0.1) is 23.4 Å². The van der Waals surface area contributed by atoms with Crippen molar-refractivity contribution in [1.82, 2.24) is 0 Å². The van der Waals surface area contributed by atoms with Crippen LogP contribution in [0.15, 0.2) is 95.9 Å². The lowest BCUT2D eigenvalue weighted by Gasteiger charge is -2.33. The average molecular weight is 382 g/mol. The van der Waals surface area contributed by atoms with E-state index in [9.17, 15) is 4.79 Å². The molecule has 1 atom stereocenters. The lowest BCUT2D eigenvalue weighted by molar-refractivity contribution is -0.119. The van der Waals surface area contributed by atoms with Crippen molar-refractivity contribution in [3.8, 4) is 0 Å². The van der Waals surface area contributed by atoms with Crippen molar-refractivity contribution < 1.29 is 4.79 Å². The molecule has 1 amide bonds.